The normalized spacial score (nSPS) is 67.9. The Morgan fingerprint density at radius 3 is 1.86 bits per heavy atom. The zero-order valence-electron chi connectivity index (χ0n) is 13.4. The molecule has 8 rings (SSSR count). The van der Waals surface area contributed by atoms with E-state index in [1.165, 1.54) is 6.42 Å². The minimum absolute atomic E-state index is 0.684. The highest BCUT2D eigenvalue weighted by Crippen LogP contribution is 2.76. The predicted octanol–water partition coefficient (Wildman–Crippen LogP) is 6.17. The van der Waals surface area contributed by atoms with Crippen molar-refractivity contribution in [3.63, 3.8) is 0 Å². The molecule has 8 aliphatic carbocycles. The molecule has 6 atom stereocenters. The Balaban J connectivity index is 1.46. The number of hydrogen-bond donors (Lipinski definition) is 0. The molecule has 0 aliphatic heterocycles. The summed E-state index contributed by atoms with van der Waals surface area (Å²) in [6, 6.07) is 0. The molecule has 122 valence electrons. The maximum absolute atomic E-state index is 4.34. The van der Waals surface area contributed by atoms with Crippen LogP contribution in [0.3, 0.4) is 0 Å². The van der Waals surface area contributed by atoms with Crippen LogP contribution in [0.15, 0.2) is 0 Å². The Labute approximate surface area is 151 Å². The molecule has 0 spiro atoms. The van der Waals surface area contributed by atoms with Crippen LogP contribution in [0, 0.1) is 46.3 Å². The smallest absolute Gasteiger partial charge is 0.0246 e. The zero-order chi connectivity index (χ0) is 14.7. The van der Waals surface area contributed by atoms with Gasteiger partial charge in [-0.3, -0.25) is 0 Å². The van der Waals surface area contributed by atoms with Gasteiger partial charge in [0.2, 0.25) is 0 Å². The molecule has 0 amide bonds. The lowest BCUT2D eigenvalue weighted by Crippen LogP contribution is -2.67. The Hall–Kier alpha value is 0.960. The van der Waals surface area contributed by atoms with Gasteiger partial charge in [0.1, 0.15) is 0 Å². The molecular formula is C20H28Br2. The van der Waals surface area contributed by atoms with Crippen LogP contribution in [0.2, 0.25) is 0 Å². The zero-order valence-corrected chi connectivity index (χ0v) is 16.6. The predicted molar refractivity (Wildman–Crippen MR) is 97.4 cm³/mol. The molecule has 22 heavy (non-hydrogen) atoms. The monoisotopic (exact) mass is 426 g/mol. The summed E-state index contributed by atoms with van der Waals surface area (Å²) >= 11 is 8.46. The molecule has 8 saturated carbocycles. The first kappa shape index (κ1) is 14.2. The van der Waals surface area contributed by atoms with Crippen molar-refractivity contribution in [1.29, 1.82) is 0 Å². The third-order valence-corrected chi connectivity index (χ3v) is 12.4. The summed E-state index contributed by atoms with van der Waals surface area (Å²) in [5.41, 5.74) is 1.43. The highest BCUT2D eigenvalue weighted by Gasteiger charge is 2.69. The van der Waals surface area contributed by atoms with Crippen LogP contribution in [0.4, 0.5) is 0 Å². The maximum atomic E-state index is 4.34. The molecule has 0 N–H and O–H groups in total. The van der Waals surface area contributed by atoms with Crippen molar-refractivity contribution in [1.82, 2.24) is 0 Å². The van der Waals surface area contributed by atoms with Crippen LogP contribution >= 0.6 is 31.9 Å². The van der Waals surface area contributed by atoms with Crippen molar-refractivity contribution < 1.29 is 0 Å². The van der Waals surface area contributed by atoms with Gasteiger partial charge in [-0.1, -0.05) is 31.9 Å². The van der Waals surface area contributed by atoms with E-state index in [0.29, 0.717) is 5.41 Å². The lowest BCUT2D eigenvalue weighted by atomic mass is 9.35. The van der Waals surface area contributed by atoms with Gasteiger partial charge in [-0.05, 0) is 111 Å². The van der Waals surface area contributed by atoms with E-state index < -0.39 is 0 Å². The van der Waals surface area contributed by atoms with Gasteiger partial charge in [0, 0.05) is 9.65 Å². The summed E-state index contributed by atoms with van der Waals surface area (Å²) in [5, 5.41) is 0. The van der Waals surface area contributed by atoms with Crippen LogP contribution in [0.25, 0.3) is 0 Å². The first-order valence-electron chi connectivity index (χ1n) is 9.87. The van der Waals surface area contributed by atoms with Crippen molar-refractivity contribution in [2.24, 2.45) is 46.3 Å². The number of hydrogen-bond acceptors (Lipinski definition) is 0. The fourth-order valence-electron chi connectivity index (χ4n) is 9.31. The van der Waals surface area contributed by atoms with Gasteiger partial charge in [-0.25, -0.2) is 0 Å². The van der Waals surface area contributed by atoms with Gasteiger partial charge in [0.25, 0.3) is 0 Å². The van der Waals surface area contributed by atoms with Crippen molar-refractivity contribution >= 4 is 31.9 Å². The van der Waals surface area contributed by atoms with Crippen molar-refractivity contribution in [3.8, 4) is 0 Å². The van der Waals surface area contributed by atoms with Crippen LogP contribution in [-0.2, 0) is 0 Å². The average molecular weight is 428 g/mol. The summed E-state index contributed by atoms with van der Waals surface area (Å²) < 4.78 is 0. The van der Waals surface area contributed by atoms with E-state index in [4.69, 9.17) is 0 Å². The Morgan fingerprint density at radius 2 is 1.23 bits per heavy atom. The number of halogens is 2. The summed E-state index contributed by atoms with van der Waals surface area (Å²) in [7, 11) is 0. The summed E-state index contributed by atoms with van der Waals surface area (Å²) in [5.74, 6) is 6.33. The molecule has 8 fully saturated rings. The van der Waals surface area contributed by atoms with Gasteiger partial charge in [-0.15, -0.1) is 0 Å². The quantitative estimate of drug-likeness (QED) is 0.439. The van der Waals surface area contributed by atoms with E-state index in [1.807, 2.05) is 0 Å². The molecular weight excluding hydrogens is 400 g/mol. The molecule has 6 unspecified atom stereocenters. The molecule has 0 aromatic heterocycles. The molecule has 0 aromatic carbocycles. The highest BCUT2D eigenvalue weighted by molar-refractivity contribution is 9.10. The third-order valence-electron chi connectivity index (χ3n) is 9.38. The van der Waals surface area contributed by atoms with E-state index in [0.717, 1.165) is 50.6 Å². The molecule has 0 aromatic rings. The Kier molecular flexibility index (Phi) is 2.82. The lowest BCUT2D eigenvalue weighted by molar-refractivity contribution is -0.191. The van der Waals surface area contributed by atoms with E-state index in [9.17, 15) is 0 Å². The maximum Gasteiger partial charge on any atom is 0.0246 e. The fourth-order valence-corrected chi connectivity index (χ4v) is 12.0. The SMILES string of the molecule is BrC1C2CC3CC1C(Br)C(C14CC5CC(CC(C5)C1)C4)(C3)C2. The van der Waals surface area contributed by atoms with Crippen molar-refractivity contribution in [2.75, 3.05) is 0 Å². The summed E-state index contributed by atoms with van der Waals surface area (Å²) in [6.07, 6.45) is 15.8. The molecule has 0 nitrogen and oxygen atoms in total. The lowest BCUT2D eigenvalue weighted by Gasteiger charge is -2.72. The molecule has 0 saturated heterocycles. The Morgan fingerprint density at radius 1 is 0.636 bits per heavy atom. The second-order valence-electron chi connectivity index (χ2n) is 10.4. The van der Waals surface area contributed by atoms with Crippen molar-refractivity contribution in [3.05, 3.63) is 0 Å². The van der Waals surface area contributed by atoms with Crippen LogP contribution in [-0.4, -0.2) is 9.65 Å². The number of rotatable bonds is 1. The second-order valence-corrected chi connectivity index (χ2v) is 12.4. The summed E-state index contributed by atoms with van der Waals surface area (Å²) in [6.45, 7) is 0. The Bertz CT molecular complexity index is 479. The summed E-state index contributed by atoms with van der Waals surface area (Å²) in [4.78, 5) is 1.63. The van der Waals surface area contributed by atoms with E-state index in [2.05, 4.69) is 31.9 Å². The molecule has 8 aliphatic rings. The fraction of sp³-hybridized carbons (Fsp3) is 1.00. The van der Waals surface area contributed by atoms with Gasteiger partial charge in [0.05, 0.1) is 0 Å². The van der Waals surface area contributed by atoms with Gasteiger partial charge >= 0.3 is 0 Å². The first-order valence-corrected chi connectivity index (χ1v) is 11.7. The van der Waals surface area contributed by atoms with Crippen molar-refractivity contribution in [2.45, 2.75) is 73.9 Å². The molecule has 0 heterocycles. The third kappa shape index (κ3) is 1.57. The van der Waals surface area contributed by atoms with Gasteiger partial charge in [0.15, 0.2) is 0 Å². The van der Waals surface area contributed by atoms with E-state index in [-0.39, 0.29) is 0 Å². The number of alkyl halides is 2. The largest absolute Gasteiger partial charge is 0.0884 e. The average Bonchev–Trinajstić information content (AvgIpc) is 2.47. The first-order chi connectivity index (χ1) is 10.6. The second kappa shape index (κ2) is 4.37. The van der Waals surface area contributed by atoms with Gasteiger partial charge in [-0.2, -0.15) is 0 Å². The van der Waals surface area contributed by atoms with E-state index in [1.54, 1.807) is 57.8 Å². The van der Waals surface area contributed by atoms with Crippen LogP contribution in [0.5, 0.6) is 0 Å². The molecule has 8 bridgehead atoms. The van der Waals surface area contributed by atoms with Gasteiger partial charge < -0.3 is 0 Å². The standard InChI is InChI=1S/C20H28Br2/c21-17-15-4-14-5-16(17)18(22)20(9-14,10-15)19-6-11-1-12(7-19)3-13(2-11)8-19/h11-18H,1-10H2. The highest BCUT2D eigenvalue weighted by atomic mass is 79.9. The van der Waals surface area contributed by atoms with Crippen LogP contribution in [0.1, 0.15) is 64.2 Å². The minimum atomic E-state index is 0.684. The molecule has 2 heteroatoms. The van der Waals surface area contributed by atoms with E-state index >= 15 is 0 Å². The van der Waals surface area contributed by atoms with Crippen LogP contribution < -0.4 is 0 Å². The topological polar surface area (TPSA) is 0 Å². The minimum Gasteiger partial charge on any atom is -0.0884 e. The molecule has 0 radical (unpaired) electrons.